The van der Waals surface area contributed by atoms with E-state index >= 15 is 0 Å². The van der Waals surface area contributed by atoms with Crippen LogP contribution in [0.25, 0.3) is 0 Å². The third-order valence-electron chi connectivity index (χ3n) is 5.24. The number of likely N-dealkylation sites (tertiary alicyclic amines) is 1. The first-order chi connectivity index (χ1) is 14.6. The van der Waals surface area contributed by atoms with Crippen LogP contribution >= 0.6 is 0 Å². The van der Waals surface area contributed by atoms with Crippen molar-refractivity contribution in [2.45, 2.75) is 23.7 Å². The quantitative estimate of drug-likeness (QED) is 0.487. The third kappa shape index (κ3) is 5.26. The summed E-state index contributed by atoms with van der Waals surface area (Å²) >= 11 is 0. The molecule has 1 aliphatic heterocycles. The summed E-state index contributed by atoms with van der Waals surface area (Å²) in [6.07, 6.45) is 2.18. The van der Waals surface area contributed by atoms with Crippen LogP contribution in [-0.4, -0.2) is 50.4 Å². The average molecular weight is 447 g/mol. The van der Waals surface area contributed by atoms with Crippen molar-refractivity contribution in [1.82, 2.24) is 10.2 Å². The molecule has 31 heavy (non-hydrogen) atoms. The number of amides is 2. The summed E-state index contributed by atoms with van der Waals surface area (Å²) in [6.45, 7) is 0.854. The van der Waals surface area contributed by atoms with Gasteiger partial charge in [0.05, 0.1) is 4.90 Å². The molecule has 4 N–H and O–H groups in total. The fourth-order valence-corrected chi connectivity index (χ4v) is 4.70. The molecular weight excluding hydrogens is 423 g/mol. The minimum absolute atomic E-state index is 0.0482. The molecule has 3 rings (SSSR count). The molecule has 0 bridgehead atoms. The van der Waals surface area contributed by atoms with Crippen LogP contribution in [0, 0.1) is 11.2 Å². The largest absolute Gasteiger partial charge is 0.370 e. The Hall–Kier alpha value is -3.27. The molecule has 0 aliphatic carbocycles. The first-order valence-corrected chi connectivity index (χ1v) is 11.5. The Morgan fingerprint density at radius 2 is 1.68 bits per heavy atom. The summed E-state index contributed by atoms with van der Waals surface area (Å²) in [4.78, 5) is 26.4. The van der Waals surface area contributed by atoms with E-state index in [1.807, 2.05) is 0 Å². The topological polar surface area (TPSA) is 133 Å². The zero-order valence-corrected chi connectivity index (χ0v) is 17.7. The number of nitrogens with zero attached hydrogens (tertiary/aromatic N) is 1. The fraction of sp³-hybridized carbons (Fsp3) is 0.286. The molecule has 164 valence electrons. The molecular formula is C21H23FN4O4S. The van der Waals surface area contributed by atoms with Crippen molar-refractivity contribution in [3.05, 3.63) is 65.0 Å². The Kier molecular flexibility index (Phi) is 6.40. The monoisotopic (exact) mass is 446 g/mol. The summed E-state index contributed by atoms with van der Waals surface area (Å²) in [5.74, 6) is -1.91. The van der Waals surface area contributed by atoms with Crippen LogP contribution in [0.2, 0.25) is 0 Å². The van der Waals surface area contributed by atoms with Gasteiger partial charge in [-0.15, -0.1) is 0 Å². The van der Waals surface area contributed by atoms with E-state index in [-0.39, 0.29) is 22.3 Å². The van der Waals surface area contributed by atoms with Gasteiger partial charge in [-0.25, -0.2) is 12.8 Å². The third-order valence-corrected chi connectivity index (χ3v) is 6.39. The van der Waals surface area contributed by atoms with Crippen LogP contribution < -0.4 is 11.1 Å². The van der Waals surface area contributed by atoms with Crippen molar-refractivity contribution in [3.8, 4) is 0 Å². The molecule has 0 aromatic heterocycles. The lowest BCUT2D eigenvalue weighted by Crippen LogP contribution is -2.38. The standard InChI is InChI=1S/C21H23FN4O4S/c1-31(29,30)18-12-15(19(27)25-21(23)24)4-7-17(18)13-8-10-26(11-9-13)20(28)14-2-5-16(22)6-3-14/h2-7,12-13H,8-11H2,1H3,(H4,23,24,25,27). The lowest BCUT2D eigenvalue weighted by Gasteiger charge is -2.33. The van der Waals surface area contributed by atoms with E-state index in [2.05, 4.69) is 5.32 Å². The number of carbonyl (C=O) groups excluding carboxylic acids is 2. The summed E-state index contributed by atoms with van der Waals surface area (Å²) < 4.78 is 37.9. The van der Waals surface area contributed by atoms with Gasteiger partial charge >= 0.3 is 0 Å². The Morgan fingerprint density at radius 3 is 2.23 bits per heavy atom. The maximum absolute atomic E-state index is 13.1. The number of hydrogen-bond donors (Lipinski definition) is 3. The predicted molar refractivity (Wildman–Crippen MR) is 113 cm³/mol. The number of piperidine rings is 1. The molecule has 0 saturated carbocycles. The number of carbonyl (C=O) groups is 2. The molecule has 1 heterocycles. The van der Waals surface area contributed by atoms with Crippen LogP contribution in [0.4, 0.5) is 4.39 Å². The van der Waals surface area contributed by atoms with Crippen molar-refractivity contribution >= 4 is 27.6 Å². The smallest absolute Gasteiger partial charge is 0.257 e. The highest BCUT2D eigenvalue weighted by molar-refractivity contribution is 7.90. The predicted octanol–water partition coefficient (Wildman–Crippen LogP) is 1.87. The Morgan fingerprint density at radius 1 is 1.10 bits per heavy atom. The minimum atomic E-state index is -3.63. The van der Waals surface area contributed by atoms with Gasteiger partial charge in [0.15, 0.2) is 15.8 Å². The van der Waals surface area contributed by atoms with E-state index < -0.39 is 27.5 Å². The van der Waals surface area contributed by atoms with Gasteiger partial charge in [-0.2, -0.15) is 0 Å². The van der Waals surface area contributed by atoms with E-state index in [1.54, 1.807) is 11.0 Å². The van der Waals surface area contributed by atoms with E-state index in [4.69, 9.17) is 11.1 Å². The molecule has 1 fully saturated rings. The highest BCUT2D eigenvalue weighted by Crippen LogP contribution is 2.33. The van der Waals surface area contributed by atoms with Gasteiger partial charge in [-0.05, 0) is 60.7 Å². The fourth-order valence-electron chi connectivity index (χ4n) is 3.70. The first kappa shape index (κ1) is 22.4. The van der Waals surface area contributed by atoms with E-state index in [0.29, 0.717) is 37.1 Å². The van der Waals surface area contributed by atoms with Gasteiger partial charge in [-0.1, -0.05) is 6.07 Å². The van der Waals surface area contributed by atoms with Gasteiger partial charge in [0.2, 0.25) is 0 Å². The lowest BCUT2D eigenvalue weighted by atomic mass is 9.88. The molecule has 0 atom stereocenters. The molecule has 1 saturated heterocycles. The molecule has 2 amide bonds. The second-order valence-corrected chi connectivity index (χ2v) is 9.45. The number of hydrogen-bond acceptors (Lipinski definition) is 5. The summed E-state index contributed by atoms with van der Waals surface area (Å²) in [5, 5.41) is 9.29. The highest BCUT2D eigenvalue weighted by atomic mass is 32.2. The number of benzene rings is 2. The van der Waals surface area contributed by atoms with E-state index in [1.165, 1.54) is 36.4 Å². The first-order valence-electron chi connectivity index (χ1n) is 9.60. The average Bonchev–Trinajstić information content (AvgIpc) is 2.72. The molecule has 2 aromatic rings. The van der Waals surface area contributed by atoms with Gasteiger partial charge in [-0.3, -0.25) is 20.3 Å². The summed E-state index contributed by atoms with van der Waals surface area (Å²) in [5.41, 5.74) is 6.25. The van der Waals surface area contributed by atoms with Crippen LogP contribution in [0.1, 0.15) is 45.0 Å². The number of rotatable bonds is 4. The zero-order chi connectivity index (χ0) is 22.8. The minimum Gasteiger partial charge on any atom is -0.370 e. The summed E-state index contributed by atoms with van der Waals surface area (Å²) in [7, 11) is -3.63. The Balaban J connectivity index is 1.79. The molecule has 0 spiro atoms. The molecule has 0 unspecified atom stereocenters. The molecule has 10 heteroatoms. The second-order valence-electron chi connectivity index (χ2n) is 7.47. The van der Waals surface area contributed by atoms with Crippen LogP contribution in [0.15, 0.2) is 47.4 Å². The highest BCUT2D eigenvalue weighted by Gasteiger charge is 2.28. The lowest BCUT2D eigenvalue weighted by molar-refractivity contribution is 0.0712. The molecule has 2 aromatic carbocycles. The second kappa shape index (κ2) is 8.84. The van der Waals surface area contributed by atoms with Gasteiger partial charge in [0, 0.05) is 30.5 Å². The molecule has 1 aliphatic rings. The van der Waals surface area contributed by atoms with E-state index in [9.17, 15) is 22.4 Å². The number of guanidine groups is 1. The SMILES string of the molecule is CS(=O)(=O)c1cc(C(=O)NC(=N)N)ccc1C1CCN(C(=O)c2ccc(F)cc2)CC1. The van der Waals surface area contributed by atoms with Gasteiger partial charge in [0.25, 0.3) is 11.8 Å². The maximum atomic E-state index is 13.1. The molecule has 8 nitrogen and oxygen atoms in total. The van der Waals surface area contributed by atoms with Crippen molar-refractivity contribution in [1.29, 1.82) is 5.41 Å². The van der Waals surface area contributed by atoms with Crippen molar-refractivity contribution in [2.75, 3.05) is 19.3 Å². The van der Waals surface area contributed by atoms with Gasteiger partial charge in [0.1, 0.15) is 5.82 Å². The zero-order valence-electron chi connectivity index (χ0n) is 16.9. The van der Waals surface area contributed by atoms with Crippen LogP contribution in [0.5, 0.6) is 0 Å². The Bertz CT molecular complexity index is 1120. The van der Waals surface area contributed by atoms with Gasteiger partial charge < -0.3 is 10.6 Å². The number of nitrogens with two attached hydrogens (primary N) is 1. The van der Waals surface area contributed by atoms with Crippen molar-refractivity contribution in [3.63, 3.8) is 0 Å². The maximum Gasteiger partial charge on any atom is 0.257 e. The number of sulfone groups is 1. The molecule has 0 radical (unpaired) electrons. The normalized spacial score (nSPS) is 14.8. The van der Waals surface area contributed by atoms with Crippen LogP contribution in [0.3, 0.4) is 0 Å². The number of nitrogens with one attached hydrogen (secondary N) is 2. The van der Waals surface area contributed by atoms with Crippen molar-refractivity contribution < 1.29 is 22.4 Å². The summed E-state index contributed by atoms with van der Waals surface area (Å²) in [6, 6.07) is 9.75. The number of halogens is 1. The Labute approximate surface area is 179 Å². The van der Waals surface area contributed by atoms with E-state index in [0.717, 1.165) is 6.26 Å². The van der Waals surface area contributed by atoms with Crippen molar-refractivity contribution in [2.24, 2.45) is 5.73 Å². The van der Waals surface area contributed by atoms with Crippen LogP contribution in [-0.2, 0) is 9.84 Å².